The summed E-state index contributed by atoms with van der Waals surface area (Å²) in [4.78, 5) is 15.5. The number of carboxylic acids is 1. The smallest absolute Gasteiger partial charge is 0.307 e. The quantitative estimate of drug-likeness (QED) is 0.653. The number of hydrogen-bond acceptors (Lipinski definition) is 4. The lowest BCUT2D eigenvalue weighted by atomic mass is 9.98. The van der Waals surface area contributed by atoms with Gasteiger partial charge in [0, 0.05) is 18.7 Å². The summed E-state index contributed by atoms with van der Waals surface area (Å²) in [6.07, 6.45) is 4.74. The van der Waals surface area contributed by atoms with Gasteiger partial charge in [-0.2, -0.15) is 0 Å². The third kappa shape index (κ3) is 4.66. The molecule has 3 nitrogen and oxygen atoms in total. The topological polar surface area (TPSA) is 40.5 Å². The van der Waals surface area contributed by atoms with E-state index < -0.39 is 5.97 Å². The fraction of sp³-hybridized carbons (Fsp3) is 0.389. The highest BCUT2D eigenvalue weighted by Crippen LogP contribution is 2.39. The molecule has 3 heterocycles. The zero-order valence-corrected chi connectivity index (χ0v) is 16.7. The van der Waals surface area contributed by atoms with Crippen molar-refractivity contribution in [3.63, 3.8) is 0 Å². The molecule has 134 valence electrons. The Labute approximate surface area is 165 Å². The summed E-state index contributed by atoms with van der Waals surface area (Å²) in [5, 5.41) is 14.7. The lowest BCUT2D eigenvalue weighted by Crippen LogP contribution is -2.39. The standard InChI is InChI=1S/C18H19Cl2NO2S2/c19-14-5-9-24-16(14)13(17-15(20)6-10-25-17)4-2-8-21-7-1-3-12(11-21)18(22)23/h4-6,9-10,12H,1-3,7-8,11H2,(H,22,23). The van der Waals surface area contributed by atoms with E-state index in [2.05, 4.69) is 11.0 Å². The molecular formula is C18H19Cl2NO2S2. The summed E-state index contributed by atoms with van der Waals surface area (Å²) in [5.74, 6) is -0.924. The number of thiophene rings is 2. The number of piperidine rings is 1. The van der Waals surface area contributed by atoms with Crippen LogP contribution in [0, 0.1) is 5.92 Å². The normalized spacial score (nSPS) is 18.2. The average molecular weight is 416 g/mol. The fourth-order valence-electron chi connectivity index (χ4n) is 3.11. The van der Waals surface area contributed by atoms with Crippen LogP contribution >= 0.6 is 45.9 Å². The first kappa shape index (κ1) is 18.9. The second kappa shape index (κ2) is 8.69. The van der Waals surface area contributed by atoms with Crippen molar-refractivity contribution in [2.24, 2.45) is 5.92 Å². The molecule has 1 unspecified atom stereocenters. The van der Waals surface area contributed by atoms with Crippen LogP contribution in [0.25, 0.3) is 5.57 Å². The maximum atomic E-state index is 11.2. The Morgan fingerprint density at radius 1 is 1.24 bits per heavy atom. The van der Waals surface area contributed by atoms with Crippen LogP contribution in [0.3, 0.4) is 0 Å². The molecule has 2 aromatic rings. The predicted octanol–water partition coefficient (Wildman–Crippen LogP) is 5.73. The van der Waals surface area contributed by atoms with Gasteiger partial charge < -0.3 is 10.0 Å². The number of nitrogens with zero attached hydrogens (tertiary/aromatic N) is 1. The van der Waals surface area contributed by atoms with E-state index >= 15 is 0 Å². The van der Waals surface area contributed by atoms with Crippen LogP contribution < -0.4 is 0 Å². The molecule has 0 bridgehead atoms. The molecule has 0 spiro atoms. The number of aliphatic carboxylic acids is 1. The highest BCUT2D eigenvalue weighted by atomic mass is 35.5. The van der Waals surface area contributed by atoms with Gasteiger partial charge in [-0.15, -0.1) is 22.7 Å². The van der Waals surface area contributed by atoms with Gasteiger partial charge in [0.05, 0.1) is 25.7 Å². The minimum atomic E-state index is -0.684. The molecule has 0 saturated carbocycles. The van der Waals surface area contributed by atoms with Crippen LogP contribution in [0.15, 0.2) is 29.0 Å². The van der Waals surface area contributed by atoms with Crippen LogP contribution in [0.1, 0.15) is 29.0 Å². The molecule has 1 atom stereocenters. The molecule has 0 aliphatic carbocycles. The monoisotopic (exact) mass is 415 g/mol. The Hall–Kier alpha value is -0.850. The van der Waals surface area contributed by atoms with Crippen molar-refractivity contribution in [2.45, 2.75) is 19.3 Å². The number of carbonyl (C=O) groups is 1. The molecule has 0 aromatic carbocycles. The molecule has 1 aliphatic heterocycles. The van der Waals surface area contributed by atoms with Crippen molar-refractivity contribution in [1.29, 1.82) is 0 Å². The SMILES string of the molecule is O=C(O)C1CCCN(CCC=C(c2sccc2Cl)c2sccc2Cl)C1. The first-order valence-electron chi connectivity index (χ1n) is 8.18. The maximum absolute atomic E-state index is 11.2. The zero-order valence-electron chi connectivity index (χ0n) is 13.6. The van der Waals surface area contributed by atoms with Gasteiger partial charge in [0.25, 0.3) is 0 Å². The van der Waals surface area contributed by atoms with E-state index in [1.165, 1.54) is 0 Å². The van der Waals surface area contributed by atoms with E-state index in [-0.39, 0.29) is 5.92 Å². The Morgan fingerprint density at radius 2 is 1.88 bits per heavy atom. The predicted molar refractivity (Wildman–Crippen MR) is 107 cm³/mol. The van der Waals surface area contributed by atoms with E-state index in [1.54, 1.807) is 22.7 Å². The molecule has 2 aromatic heterocycles. The Kier molecular flexibility index (Phi) is 6.58. The third-order valence-corrected chi connectivity index (χ3v) is 7.12. The van der Waals surface area contributed by atoms with E-state index in [1.807, 2.05) is 22.9 Å². The molecule has 0 radical (unpaired) electrons. The molecule has 1 aliphatic rings. The van der Waals surface area contributed by atoms with Crippen LogP contribution in [0.5, 0.6) is 0 Å². The van der Waals surface area contributed by atoms with Gasteiger partial charge in [0.2, 0.25) is 0 Å². The maximum Gasteiger partial charge on any atom is 0.307 e. The Bertz CT molecular complexity index is 726. The molecular weight excluding hydrogens is 397 g/mol. The van der Waals surface area contributed by atoms with Gasteiger partial charge in [0.1, 0.15) is 0 Å². The largest absolute Gasteiger partial charge is 0.481 e. The molecule has 3 rings (SSSR count). The van der Waals surface area contributed by atoms with Crippen molar-refractivity contribution < 1.29 is 9.90 Å². The Balaban J connectivity index is 1.73. The van der Waals surface area contributed by atoms with Crippen LogP contribution in [-0.2, 0) is 4.79 Å². The van der Waals surface area contributed by atoms with Gasteiger partial charge in [-0.1, -0.05) is 29.3 Å². The van der Waals surface area contributed by atoms with Crippen molar-refractivity contribution >= 4 is 57.4 Å². The van der Waals surface area contributed by atoms with Crippen LogP contribution in [0.2, 0.25) is 10.0 Å². The van der Waals surface area contributed by atoms with E-state index in [4.69, 9.17) is 23.2 Å². The van der Waals surface area contributed by atoms with Crippen molar-refractivity contribution in [2.75, 3.05) is 19.6 Å². The molecule has 1 N–H and O–H groups in total. The summed E-state index contributed by atoms with van der Waals surface area (Å²) >= 11 is 15.9. The van der Waals surface area contributed by atoms with Gasteiger partial charge in [-0.05, 0) is 48.7 Å². The minimum Gasteiger partial charge on any atom is -0.481 e. The second-order valence-electron chi connectivity index (χ2n) is 6.08. The van der Waals surface area contributed by atoms with Crippen molar-refractivity contribution in [3.8, 4) is 0 Å². The first-order chi connectivity index (χ1) is 12.1. The minimum absolute atomic E-state index is 0.240. The third-order valence-electron chi connectivity index (χ3n) is 4.37. The summed E-state index contributed by atoms with van der Waals surface area (Å²) in [7, 11) is 0. The van der Waals surface area contributed by atoms with Gasteiger partial charge in [-0.25, -0.2) is 0 Å². The summed E-state index contributed by atoms with van der Waals surface area (Å²) in [5.41, 5.74) is 1.08. The summed E-state index contributed by atoms with van der Waals surface area (Å²) in [6, 6.07) is 3.80. The second-order valence-corrected chi connectivity index (χ2v) is 8.73. The fourth-order valence-corrected chi connectivity index (χ4v) is 5.59. The lowest BCUT2D eigenvalue weighted by molar-refractivity contribution is -0.143. The van der Waals surface area contributed by atoms with Crippen molar-refractivity contribution in [3.05, 3.63) is 48.8 Å². The lowest BCUT2D eigenvalue weighted by Gasteiger charge is -2.30. The average Bonchev–Trinajstić information content (AvgIpc) is 3.21. The zero-order chi connectivity index (χ0) is 17.8. The molecule has 1 fully saturated rings. The summed E-state index contributed by atoms with van der Waals surface area (Å²) < 4.78 is 0. The van der Waals surface area contributed by atoms with Gasteiger partial charge in [-0.3, -0.25) is 4.79 Å². The number of rotatable bonds is 6. The summed E-state index contributed by atoms with van der Waals surface area (Å²) in [6.45, 7) is 2.45. The first-order valence-corrected chi connectivity index (χ1v) is 10.7. The van der Waals surface area contributed by atoms with Crippen molar-refractivity contribution in [1.82, 2.24) is 4.90 Å². The van der Waals surface area contributed by atoms with Gasteiger partial charge >= 0.3 is 5.97 Å². The molecule has 7 heteroatoms. The van der Waals surface area contributed by atoms with Crippen LogP contribution in [-0.4, -0.2) is 35.6 Å². The van der Waals surface area contributed by atoms with Gasteiger partial charge in [0.15, 0.2) is 0 Å². The number of halogens is 2. The number of carboxylic acid groups (broad SMARTS) is 1. The highest BCUT2D eigenvalue weighted by Gasteiger charge is 2.24. The highest BCUT2D eigenvalue weighted by molar-refractivity contribution is 7.14. The Morgan fingerprint density at radius 3 is 2.40 bits per heavy atom. The van der Waals surface area contributed by atoms with E-state index in [9.17, 15) is 9.90 Å². The molecule has 25 heavy (non-hydrogen) atoms. The van der Waals surface area contributed by atoms with Crippen LogP contribution in [0.4, 0.5) is 0 Å². The number of hydrogen-bond donors (Lipinski definition) is 1. The molecule has 0 amide bonds. The number of likely N-dealkylation sites (tertiary alicyclic amines) is 1. The molecule has 1 saturated heterocycles. The van der Waals surface area contributed by atoms with E-state index in [0.29, 0.717) is 6.54 Å². The van der Waals surface area contributed by atoms with E-state index in [0.717, 1.165) is 57.7 Å².